The number of rotatable bonds is 2. The van der Waals surface area contributed by atoms with Gasteiger partial charge in [0.05, 0.1) is 24.6 Å². The highest BCUT2D eigenvalue weighted by molar-refractivity contribution is 5.94. The summed E-state index contributed by atoms with van der Waals surface area (Å²) in [5.41, 5.74) is 3.84. The van der Waals surface area contributed by atoms with Crippen molar-refractivity contribution in [2.24, 2.45) is 7.05 Å². The predicted molar refractivity (Wildman–Crippen MR) is 67.3 cm³/mol. The topological polar surface area (TPSA) is 57.0 Å². The molecule has 0 aromatic carbocycles. The van der Waals surface area contributed by atoms with Crippen LogP contribution in [0, 0.1) is 13.8 Å². The minimum absolute atomic E-state index is 0.411. The Morgan fingerprint density at radius 2 is 2.06 bits per heavy atom. The van der Waals surface area contributed by atoms with Gasteiger partial charge in [0.2, 0.25) is 0 Å². The number of carbonyl (C=O) groups excluding carboxylic acids is 1. The van der Waals surface area contributed by atoms with Crippen molar-refractivity contribution in [1.29, 1.82) is 0 Å². The molecule has 0 spiro atoms. The van der Waals surface area contributed by atoms with Crippen molar-refractivity contribution >= 4 is 5.97 Å². The first-order chi connectivity index (χ1) is 8.52. The summed E-state index contributed by atoms with van der Waals surface area (Å²) >= 11 is 0. The first-order valence-corrected chi connectivity index (χ1v) is 5.59. The van der Waals surface area contributed by atoms with E-state index in [2.05, 4.69) is 10.1 Å². The van der Waals surface area contributed by atoms with Crippen LogP contribution in [0.3, 0.4) is 0 Å². The van der Waals surface area contributed by atoms with Crippen LogP contribution < -0.4 is 0 Å². The lowest BCUT2D eigenvalue weighted by atomic mass is 10.1. The van der Waals surface area contributed by atoms with Crippen molar-refractivity contribution in [3.8, 4) is 11.3 Å². The van der Waals surface area contributed by atoms with E-state index >= 15 is 0 Å². The van der Waals surface area contributed by atoms with Gasteiger partial charge in [0, 0.05) is 12.7 Å². The number of nitrogens with zero attached hydrogens (tertiary/aromatic N) is 3. The van der Waals surface area contributed by atoms with Crippen molar-refractivity contribution in [2.75, 3.05) is 7.11 Å². The van der Waals surface area contributed by atoms with Gasteiger partial charge < -0.3 is 4.74 Å². The summed E-state index contributed by atoms with van der Waals surface area (Å²) < 4.78 is 6.27. The van der Waals surface area contributed by atoms with Crippen molar-refractivity contribution in [2.45, 2.75) is 13.8 Å². The van der Waals surface area contributed by atoms with Gasteiger partial charge in [-0.05, 0) is 31.5 Å². The van der Waals surface area contributed by atoms with E-state index in [-0.39, 0.29) is 0 Å². The molecule has 0 bridgehead atoms. The Labute approximate surface area is 105 Å². The van der Waals surface area contributed by atoms with Crippen LogP contribution in [0.4, 0.5) is 0 Å². The Hall–Kier alpha value is -2.17. The van der Waals surface area contributed by atoms with Crippen LogP contribution in [0.15, 0.2) is 18.3 Å². The number of carbonyl (C=O) groups is 1. The van der Waals surface area contributed by atoms with E-state index in [1.54, 1.807) is 13.2 Å². The van der Waals surface area contributed by atoms with E-state index < -0.39 is 5.97 Å². The van der Waals surface area contributed by atoms with E-state index in [1.807, 2.05) is 26.0 Å². The molecule has 2 aromatic heterocycles. The third kappa shape index (κ3) is 2.11. The molecule has 2 rings (SSSR count). The highest BCUT2D eigenvalue weighted by Gasteiger charge is 2.19. The summed E-state index contributed by atoms with van der Waals surface area (Å²) in [5, 5.41) is 4.10. The molecule has 0 N–H and O–H groups in total. The van der Waals surface area contributed by atoms with Gasteiger partial charge >= 0.3 is 5.97 Å². The van der Waals surface area contributed by atoms with E-state index in [1.165, 1.54) is 11.8 Å². The average Bonchev–Trinajstić information content (AvgIpc) is 2.69. The molecular formula is C13H15N3O2. The second kappa shape index (κ2) is 4.60. The number of hydrogen-bond donors (Lipinski definition) is 0. The Morgan fingerprint density at radius 1 is 1.33 bits per heavy atom. The zero-order valence-corrected chi connectivity index (χ0v) is 10.9. The van der Waals surface area contributed by atoms with E-state index in [4.69, 9.17) is 4.74 Å². The second-order valence-corrected chi connectivity index (χ2v) is 4.19. The number of ether oxygens (including phenoxy) is 1. The molecule has 0 aliphatic rings. The van der Waals surface area contributed by atoms with Crippen LogP contribution in [-0.2, 0) is 11.8 Å². The molecule has 0 saturated heterocycles. The second-order valence-electron chi connectivity index (χ2n) is 4.19. The van der Waals surface area contributed by atoms with Gasteiger partial charge in [0.1, 0.15) is 0 Å². The lowest BCUT2D eigenvalue weighted by Crippen LogP contribution is -2.10. The number of esters is 1. The van der Waals surface area contributed by atoms with Crippen molar-refractivity contribution in [1.82, 2.24) is 14.8 Å². The maximum atomic E-state index is 11.7. The minimum atomic E-state index is -0.411. The molecule has 0 radical (unpaired) electrons. The fraction of sp³-hybridized carbons (Fsp3) is 0.308. The largest absolute Gasteiger partial charge is 0.464 e. The molecule has 0 unspecified atom stereocenters. The zero-order valence-electron chi connectivity index (χ0n) is 10.9. The van der Waals surface area contributed by atoms with Crippen LogP contribution in [0.25, 0.3) is 11.3 Å². The quantitative estimate of drug-likeness (QED) is 0.758. The number of pyridine rings is 1. The lowest BCUT2D eigenvalue weighted by Gasteiger charge is -2.05. The molecule has 5 heteroatoms. The number of methoxy groups -OCH3 is 1. The zero-order chi connectivity index (χ0) is 13.3. The number of aryl methyl sites for hydroxylation is 3. The van der Waals surface area contributed by atoms with Crippen molar-refractivity contribution in [3.05, 3.63) is 35.3 Å². The van der Waals surface area contributed by atoms with Crippen LogP contribution in [0.1, 0.15) is 21.7 Å². The van der Waals surface area contributed by atoms with Crippen LogP contribution in [-0.4, -0.2) is 27.8 Å². The lowest BCUT2D eigenvalue weighted by molar-refractivity contribution is 0.0589. The van der Waals surface area contributed by atoms with E-state index in [0.29, 0.717) is 11.3 Å². The molecule has 2 heterocycles. The Kier molecular flexibility index (Phi) is 3.14. The molecule has 94 valence electrons. The van der Waals surface area contributed by atoms with Crippen molar-refractivity contribution < 1.29 is 9.53 Å². The third-order valence-corrected chi connectivity index (χ3v) is 2.69. The standard InChI is InChI=1S/C13H15N3O2/c1-8-5-9(2)15-11(6-8)10-7-14-16(3)12(10)13(17)18-4/h5-7H,1-4H3. The van der Waals surface area contributed by atoms with Gasteiger partial charge in [-0.2, -0.15) is 5.10 Å². The molecule has 2 aromatic rings. The molecule has 0 amide bonds. The van der Waals surface area contributed by atoms with Gasteiger partial charge in [0.15, 0.2) is 5.69 Å². The summed E-state index contributed by atoms with van der Waals surface area (Å²) in [6.45, 7) is 3.91. The Morgan fingerprint density at radius 3 is 2.67 bits per heavy atom. The molecular weight excluding hydrogens is 230 g/mol. The van der Waals surface area contributed by atoms with Crippen LogP contribution >= 0.6 is 0 Å². The molecule has 18 heavy (non-hydrogen) atoms. The minimum Gasteiger partial charge on any atom is -0.464 e. The van der Waals surface area contributed by atoms with Crippen molar-refractivity contribution in [3.63, 3.8) is 0 Å². The molecule has 0 aliphatic carbocycles. The van der Waals surface area contributed by atoms with Gasteiger partial charge in [-0.3, -0.25) is 9.67 Å². The number of aromatic nitrogens is 3. The SMILES string of the molecule is COC(=O)c1c(-c2cc(C)cc(C)n2)cnn1C. The van der Waals surface area contributed by atoms with E-state index in [9.17, 15) is 4.79 Å². The first-order valence-electron chi connectivity index (χ1n) is 5.59. The highest BCUT2D eigenvalue weighted by atomic mass is 16.5. The maximum absolute atomic E-state index is 11.7. The summed E-state index contributed by atoms with van der Waals surface area (Å²) in [6.07, 6.45) is 1.63. The summed E-state index contributed by atoms with van der Waals surface area (Å²) in [5.74, 6) is -0.411. The van der Waals surface area contributed by atoms with E-state index in [0.717, 1.165) is 17.0 Å². The summed E-state index contributed by atoms with van der Waals surface area (Å²) in [6, 6.07) is 3.91. The molecule has 0 fully saturated rings. The van der Waals surface area contributed by atoms with Crippen LogP contribution in [0.5, 0.6) is 0 Å². The first kappa shape index (κ1) is 12.3. The van der Waals surface area contributed by atoms with Gasteiger partial charge in [-0.15, -0.1) is 0 Å². The average molecular weight is 245 g/mol. The van der Waals surface area contributed by atoms with Gasteiger partial charge in [-0.25, -0.2) is 4.79 Å². The predicted octanol–water partition coefficient (Wildman–Crippen LogP) is 1.89. The van der Waals surface area contributed by atoms with Gasteiger partial charge in [-0.1, -0.05) is 0 Å². The highest BCUT2D eigenvalue weighted by Crippen LogP contribution is 2.23. The fourth-order valence-corrected chi connectivity index (χ4v) is 1.94. The summed E-state index contributed by atoms with van der Waals surface area (Å²) in [7, 11) is 3.06. The maximum Gasteiger partial charge on any atom is 0.357 e. The molecule has 0 saturated carbocycles. The summed E-state index contributed by atoms with van der Waals surface area (Å²) in [4.78, 5) is 16.2. The van der Waals surface area contributed by atoms with Crippen LogP contribution in [0.2, 0.25) is 0 Å². The molecule has 5 nitrogen and oxygen atoms in total. The third-order valence-electron chi connectivity index (χ3n) is 2.69. The molecule has 0 aliphatic heterocycles. The van der Waals surface area contributed by atoms with Gasteiger partial charge in [0.25, 0.3) is 0 Å². The smallest absolute Gasteiger partial charge is 0.357 e. The monoisotopic (exact) mass is 245 g/mol. The molecule has 0 atom stereocenters. The Balaban J connectivity index is 2.61. The normalized spacial score (nSPS) is 10.4. The number of hydrogen-bond acceptors (Lipinski definition) is 4. The Bertz CT molecular complexity index is 582. The fourth-order valence-electron chi connectivity index (χ4n) is 1.94.